The Balaban J connectivity index is 1.54. The molecule has 0 amide bonds. The summed E-state index contributed by atoms with van der Waals surface area (Å²) < 4.78 is 11.6. The summed E-state index contributed by atoms with van der Waals surface area (Å²) in [4.78, 5) is 24.1. The SMILES string of the molecule is Cc1ccccc1OCCOC(=O)Cn1nnc2ccccc2c1=O. The van der Waals surface area contributed by atoms with Crippen LogP contribution in [0.1, 0.15) is 5.56 Å². The second-order valence-electron chi connectivity index (χ2n) is 5.40. The van der Waals surface area contributed by atoms with Crippen LogP contribution >= 0.6 is 0 Å². The molecule has 0 atom stereocenters. The summed E-state index contributed by atoms with van der Waals surface area (Å²) in [5.41, 5.74) is 1.12. The van der Waals surface area contributed by atoms with E-state index in [2.05, 4.69) is 10.3 Å². The lowest BCUT2D eigenvalue weighted by Crippen LogP contribution is -2.29. The number of carbonyl (C=O) groups is 1. The number of esters is 1. The van der Waals surface area contributed by atoms with Crippen molar-refractivity contribution in [1.29, 1.82) is 0 Å². The van der Waals surface area contributed by atoms with Crippen LogP contribution in [0.3, 0.4) is 0 Å². The molecule has 1 heterocycles. The highest BCUT2D eigenvalue weighted by Crippen LogP contribution is 2.15. The zero-order chi connectivity index (χ0) is 17.6. The fraction of sp³-hybridized carbons (Fsp3) is 0.222. The third kappa shape index (κ3) is 4.00. The molecule has 25 heavy (non-hydrogen) atoms. The maximum Gasteiger partial charge on any atom is 0.328 e. The van der Waals surface area contributed by atoms with E-state index in [4.69, 9.17) is 9.47 Å². The molecule has 128 valence electrons. The van der Waals surface area contributed by atoms with Crippen molar-refractivity contribution >= 4 is 16.9 Å². The van der Waals surface area contributed by atoms with Crippen LogP contribution in [-0.4, -0.2) is 34.2 Å². The predicted molar refractivity (Wildman–Crippen MR) is 91.4 cm³/mol. The van der Waals surface area contributed by atoms with Crippen LogP contribution in [0.5, 0.6) is 5.75 Å². The van der Waals surface area contributed by atoms with E-state index in [1.807, 2.05) is 31.2 Å². The van der Waals surface area contributed by atoms with Crippen molar-refractivity contribution < 1.29 is 14.3 Å². The van der Waals surface area contributed by atoms with E-state index >= 15 is 0 Å². The zero-order valence-corrected chi connectivity index (χ0v) is 13.7. The van der Waals surface area contributed by atoms with Crippen molar-refractivity contribution in [3.05, 3.63) is 64.4 Å². The van der Waals surface area contributed by atoms with Gasteiger partial charge in [-0.1, -0.05) is 35.5 Å². The largest absolute Gasteiger partial charge is 0.490 e. The van der Waals surface area contributed by atoms with Crippen LogP contribution < -0.4 is 10.3 Å². The lowest BCUT2D eigenvalue weighted by Gasteiger charge is -2.09. The summed E-state index contributed by atoms with van der Waals surface area (Å²) in [5, 5.41) is 8.09. The Morgan fingerprint density at radius 2 is 1.84 bits per heavy atom. The number of para-hydroxylation sites is 1. The minimum Gasteiger partial charge on any atom is -0.490 e. The lowest BCUT2D eigenvalue weighted by molar-refractivity contribution is -0.145. The smallest absolute Gasteiger partial charge is 0.328 e. The molecule has 1 aromatic heterocycles. The minimum atomic E-state index is -0.569. The second-order valence-corrected chi connectivity index (χ2v) is 5.40. The van der Waals surface area contributed by atoms with E-state index < -0.39 is 5.97 Å². The molecule has 7 heteroatoms. The zero-order valence-electron chi connectivity index (χ0n) is 13.7. The molecule has 3 aromatic rings. The molecule has 0 N–H and O–H groups in total. The number of ether oxygens (including phenoxy) is 2. The summed E-state index contributed by atoms with van der Waals surface area (Å²) in [6.45, 7) is 1.96. The fourth-order valence-electron chi connectivity index (χ4n) is 2.32. The number of hydrogen-bond acceptors (Lipinski definition) is 6. The van der Waals surface area contributed by atoms with Crippen molar-refractivity contribution in [2.75, 3.05) is 13.2 Å². The molecule has 0 saturated carbocycles. The van der Waals surface area contributed by atoms with Gasteiger partial charge in [0.05, 0.1) is 5.39 Å². The fourth-order valence-corrected chi connectivity index (χ4v) is 2.32. The van der Waals surface area contributed by atoms with E-state index in [0.717, 1.165) is 16.0 Å². The van der Waals surface area contributed by atoms with E-state index in [-0.39, 0.29) is 25.3 Å². The number of rotatable bonds is 6. The van der Waals surface area contributed by atoms with Crippen LogP contribution in [0.4, 0.5) is 0 Å². The Morgan fingerprint density at radius 1 is 1.08 bits per heavy atom. The first-order valence-corrected chi connectivity index (χ1v) is 7.82. The van der Waals surface area contributed by atoms with Gasteiger partial charge in [0.1, 0.15) is 31.0 Å². The summed E-state index contributed by atoms with van der Waals surface area (Å²) in [6, 6.07) is 14.4. The molecule has 0 saturated heterocycles. The summed E-state index contributed by atoms with van der Waals surface area (Å²) in [5.74, 6) is 0.176. The maximum atomic E-state index is 12.2. The molecule has 0 aliphatic carbocycles. The highest BCUT2D eigenvalue weighted by molar-refractivity contribution is 5.77. The number of hydrogen-bond donors (Lipinski definition) is 0. The van der Waals surface area contributed by atoms with Gasteiger partial charge < -0.3 is 9.47 Å². The average molecular weight is 339 g/mol. The Kier molecular flexibility index (Phi) is 5.03. The van der Waals surface area contributed by atoms with Gasteiger partial charge in [0.2, 0.25) is 0 Å². The van der Waals surface area contributed by atoms with Crippen molar-refractivity contribution in [2.24, 2.45) is 0 Å². The molecule has 7 nitrogen and oxygen atoms in total. The topological polar surface area (TPSA) is 83.3 Å². The normalized spacial score (nSPS) is 10.6. The first-order valence-electron chi connectivity index (χ1n) is 7.82. The molecule has 0 radical (unpaired) electrons. The molecular weight excluding hydrogens is 322 g/mol. The average Bonchev–Trinajstić information content (AvgIpc) is 2.63. The number of benzene rings is 2. The number of nitrogens with zero attached hydrogens (tertiary/aromatic N) is 3. The Hall–Kier alpha value is -3.22. The van der Waals surface area contributed by atoms with Gasteiger partial charge in [0.15, 0.2) is 0 Å². The Morgan fingerprint density at radius 3 is 2.68 bits per heavy atom. The van der Waals surface area contributed by atoms with Crippen LogP contribution in [0.2, 0.25) is 0 Å². The van der Waals surface area contributed by atoms with Crippen LogP contribution in [-0.2, 0) is 16.1 Å². The third-order valence-electron chi connectivity index (χ3n) is 3.61. The number of fused-ring (bicyclic) bond motifs is 1. The molecular formula is C18H17N3O4. The first kappa shape index (κ1) is 16.6. The maximum absolute atomic E-state index is 12.2. The number of carbonyl (C=O) groups excluding carboxylic acids is 1. The van der Waals surface area contributed by atoms with E-state index in [1.54, 1.807) is 24.3 Å². The molecule has 0 aliphatic rings. The highest BCUT2D eigenvalue weighted by Gasteiger charge is 2.10. The Labute approximate surface area is 143 Å². The van der Waals surface area contributed by atoms with Crippen LogP contribution in [0, 0.1) is 6.92 Å². The lowest BCUT2D eigenvalue weighted by atomic mass is 10.2. The van der Waals surface area contributed by atoms with E-state index in [0.29, 0.717) is 10.9 Å². The summed E-state index contributed by atoms with van der Waals surface area (Å²) in [7, 11) is 0. The van der Waals surface area contributed by atoms with Gasteiger partial charge in [0, 0.05) is 0 Å². The van der Waals surface area contributed by atoms with Crippen LogP contribution in [0.25, 0.3) is 10.9 Å². The van der Waals surface area contributed by atoms with Gasteiger partial charge >= 0.3 is 5.97 Å². The predicted octanol–water partition coefficient (Wildman–Crippen LogP) is 1.72. The molecule has 0 unspecified atom stereocenters. The molecule has 2 aromatic carbocycles. The van der Waals surface area contributed by atoms with Gasteiger partial charge in [-0.05, 0) is 30.7 Å². The van der Waals surface area contributed by atoms with Crippen molar-refractivity contribution in [3.63, 3.8) is 0 Å². The third-order valence-corrected chi connectivity index (χ3v) is 3.61. The van der Waals surface area contributed by atoms with Gasteiger partial charge in [-0.15, -0.1) is 5.10 Å². The van der Waals surface area contributed by atoms with Gasteiger partial charge in [-0.2, -0.15) is 4.68 Å². The Bertz CT molecular complexity index is 952. The standard InChI is InChI=1S/C18H17N3O4/c1-13-6-2-5-9-16(13)24-10-11-25-17(22)12-21-18(23)14-7-3-4-8-15(14)19-20-21/h2-9H,10-12H2,1H3. The molecule has 0 spiro atoms. The highest BCUT2D eigenvalue weighted by atomic mass is 16.6. The quantitative estimate of drug-likeness (QED) is 0.502. The van der Waals surface area contributed by atoms with Gasteiger partial charge in [0.25, 0.3) is 5.56 Å². The molecule has 3 rings (SSSR count). The minimum absolute atomic E-state index is 0.0862. The second kappa shape index (κ2) is 7.57. The van der Waals surface area contributed by atoms with Crippen molar-refractivity contribution in [3.8, 4) is 5.75 Å². The monoisotopic (exact) mass is 339 g/mol. The molecule has 0 bridgehead atoms. The summed E-state index contributed by atoms with van der Waals surface area (Å²) >= 11 is 0. The number of aryl methyl sites for hydroxylation is 1. The van der Waals surface area contributed by atoms with Crippen molar-refractivity contribution in [2.45, 2.75) is 13.5 Å². The molecule has 0 fully saturated rings. The number of aromatic nitrogens is 3. The molecule has 0 aliphatic heterocycles. The van der Waals surface area contributed by atoms with Gasteiger partial charge in [-0.3, -0.25) is 9.59 Å². The van der Waals surface area contributed by atoms with Crippen LogP contribution in [0.15, 0.2) is 53.3 Å². The van der Waals surface area contributed by atoms with E-state index in [1.165, 1.54) is 0 Å². The van der Waals surface area contributed by atoms with Crippen molar-refractivity contribution in [1.82, 2.24) is 15.0 Å². The summed E-state index contributed by atoms with van der Waals surface area (Å²) in [6.07, 6.45) is 0. The van der Waals surface area contributed by atoms with E-state index in [9.17, 15) is 9.59 Å². The first-order chi connectivity index (χ1) is 12.1. The van der Waals surface area contributed by atoms with Gasteiger partial charge in [-0.25, -0.2) is 0 Å².